The average molecular weight is 450 g/mol. The fraction of sp³-hybridized carbons (Fsp3) is 0.333. The molecule has 0 fully saturated rings. The predicted octanol–water partition coefficient (Wildman–Crippen LogP) is 3.82. The highest BCUT2D eigenvalue weighted by molar-refractivity contribution is 7.89. The van der Waals surface area contributed by atoms with Gasteiger partial charge >= 0.3 is 6.18 Å². The lowest BCUT2D eigenvalue weighted by molar-refractivity contribution is -0.137. The second-order valence-electron chi connectivity index (χ2n) is 7.36. The zero-order chi connectivity index (χ0) is 22.1. The number of sulfonamides is 1. The number of benzene rings is 1. The topological polar surface area (TPSA) is 76.9 Å². The van der Waals surface area contributed by atoms with Crippen molar-refractivity contribution in [3.8, 4) is 11.3 Å². The van der Waals surface area contributed by atoms with Crippen LogP contribution in [0, 0.1) is 0 Å². The van der Waals surface area contributed by atoms with Crippen molar-refractivity contribution in [3.05, 3.63) is 65.6 Å². The molecule has 2 heterocycles. The number of hydrogen-bond acceptors (Lipinski definition) is 4. The van der Waals surface area contributed by atoms with Crippen molar-refractivity contribution in [3.63, 3.8) is 0 Å². The smallest absolute Gasteiger partial charge is 0.267 e. The molecule has 164 valence electrons. The molecule has 31 heavy (non-hydrogen) atoms. The molecule has 0 unspecified atom stereocenters. The predicted molar refractivity (Wildman–Crippen MR) is 109 cm³/mol. The third kappa shape index (κ3) is 4.64. The van der Waals surface area contributed by atoms with Crippen LogP contribution in [0.25, 0.3) is 11.3 Å². The fourth-order valence-electron chi connectivity index (χ4n) is 3.79. The summed E-state index contributed by atoms with van der Waals surface area (Å²) in [6.45, 7) is 0.403. The Hall–Kier alpha value is -2.72. The zero-order valence-corrected chi connectivity index (χ0v) is 17.4. The van der Waals surface area contributed by atoms with Crippen LogP contribution in [-0.4, -0.2) is 29.7 Å². The van der Waals surface area contributed by atoms with E-state index in [2.05, 4.69) is 9.71 Å². The van der Waals surface area contributed by atoms with E-state index < -0.39 is 21.8 Å². The molecule has 1 aromatic carbocycles. The normalized spacial score (nSPS) is 14.4. The van der Waals surface area contributed by atoms with Gasteiger partial charge in [-0.25, -0.2) is 13.1 Å². The molecule has 10 heteroatoms. The van der Waals surface area contributed by atoms with Gasteiger partial charge in [-0.1, -0.05) is 0 Å². The first-order chi connectivity index (χ1) is 14.8. The monoisotopic (exact) mass is 450 g/mol. The van der Waals surface area contributed by atoms with Gasteiger partial charge in [-0.3, -0.25) is 9.67 Å². The fourth-order valence-corrected chi connectivity index (χ4v) is 4.81. The molecule has 1 N–H and O–H groups in total. The lowest BCUT2D eigenvalue weighted by atomic mass is 9.94. The van der Waals surface area contributed by atoms with Gasteiger partial charge in [0.1, 0.15) is 0 Å². The lowest BCUT2D eigenvalue weighted by Gasteiger charge is -2.15. The summed E-state index contributed by atoms with van der Waals surface area (Å²) in [6.07, 6.45) is 2.83. The summed E-state index contributed by atoms with van der Waals surface area (Å²) < 4.78 is 67.3. The van der Waals surface area contributed by atoms with Gasteiger partial charge in [0.15, 0.2) is 0 Å². The third-order valence-electron chi connectivity index (χ3n) is 5.32. The quantitative estimate of drug-likeness (QED) is 0.620. The van der Waals surface area contributed by atoms with E-state index in [4.69, 9.17) is 5.10 Å². The minimum Gasteiger partial charge on any atom is -0.267 e. The number of halogens is 3. The Labute approximate surface area is 178 Å². The highest BCUT2D eigenvalue weighted by Crippen LogP contribution is 2.31. The molecular formula is C21H21F3N4O2S. The Morgan fingerprint density at radius 2 is 1.68 bits per heavy atom. The molecule has 0 spiro atoms. The second-order valence-corrected chi connectivity index (χ2v) is 9.13. The number of aromatic nitrogens is 3. The van der Waals surface area contributed by atoms with Crippen molar-refractivity contribution in [2.45, 2.75) is 43.3 Å². The Kier molecular flexibility index (Phi) is 5.85. The van der Waals surface area contributed by atoms with E-state index in [1.54, 1.807) is 12.4 Å². The van der Waals surface area contributed by atoms with Crippen molar-refractivity contribution in [2.75, 3.05) is 6.54 Å². The SMILES string of the molecule is O=S(=O)(NCCn1nc(-c2ccncc2)c2c1CCCC2)c1ccc(C(F)(F)F)cc1. The summed E-state index contributed by atoms with van der Waals surface area (Å²) in [5, 5.41) is 4.72. The Morgan fingerprint density at radius 3 is 2.35 bits per heavy atom. The lowest BCUT2D eigenvalue weighted by Crippen LogP contribution is -2.28. The molecule has 2 aromatic heterocycles. The molecule has 0 amide bonds. The van der Waals surface area contributed by atoms with Crippen LogP contribution in [0.4, 0.5) is 13.2 Å². The molecule has 1 aliphatic carbocycles. The van der Waals surface area contributed by atoms with Crippen molar-refractivity contribution >= 4 is 10.0 Å². The first kappa shape index (κ1) is 21.5. The van der Waals surface area contributed by atoms with Gasteiger partial charge in [0.25, 0.3) is 0 Å². The number of pyridine rings is 1. The summed E-state index contributed by atoms with van der Waals surface area (Å²) >= 11 is 0. The molecule has 0 aliphatic heterocycles. The van der Waals surface area contributed by atoms with E-state index >= 15 is 0 Å². The molecule has 4 rings (SSSR count). The zero-order valence-electron chi connectivity index (χ0n) is 16.6. The molecule has 3 aromatic rings. The van der Waals surface area contributed by atoms with Gasteiger partial charge in [0, 0.05) is 35.8 Å². The maximum atomic E-state index is 12.7. The number of rotatable bonds is 6. The van der Waals surface area contributed by atoms with E-state index in [-0.39, 0.29) is 11.4 Å². The third-order valence-corrected chi connectivity index (χ3v) is 6.80. The van der Waals surface area contributed by atoms with E-state index in [9.17, 15) is 21.6 Å². The summed E-state index contributed by atoms with van der Waals surface area (Å²) in [5.41, 5.74) is 3.26. The molecular weight excluding hydrogens is 429 g/mol. The average Bonchev–Trinajstić information content (AvgIpc) is 3.13. The standard InChI is InChI=1S/C21H21F3N4O2S/c22-21(23,24)16-5-7-17(8-6-16)31(29,30)26-13-14-28-19-4-2-1-3-18(19)20(27-28)15-9-11-25-12-10-15/h5-12,26H,1-4,13-14H2. The number of alkyl halides is 3. The van der Waals surface area contributed by atoms with Gasteiger partial charge < -0.3 is 0 Å². The van der Waals surface area contributed by atoms with E-state index in [1.807, 2.05) is 16.8 Å². The minimum atomic E-state index is -4.51. The van der Waals surface area contributed by atoms with Crippen molar-refractivity contribution < 1.29 is 21.6 Å². The van der Waals surface area contributed by atoms with Crippen molar-refractivity contribution in [1.29, 1.82) is 0 Å². The van der Waals surface area contributed by atoms with Gasteiger partial charge in [0.05, 0.1) is 22.7 Å². The van der Waals surface area contributed by atoms with Crippen LogP contribution in [0.15, 0.2) is 53.7 Å². The van der Waals surface area contributed by atoms with Gasteiger partial charge in [0.2, 0.25) is 10.0 Å². The highest BCUT2D eigenvalue weighted by Gasteiger charge is 2.30. The molecule has 6 nitrogen and oxygen atoms in total. The van der Waals surface area contributed by atoms with E-state index in [0.717, 1.165) is 66.9 Å². The molecule has 0 atom stereocenters. The summed E-state index contributed by atoms with van der Waals surface area (Å²) in [7, 11) is -3.93. The first-order valence-electron chi connectivity index (χ1n) is 9.91. The maximum Gasteiger partial charge on any atom is 0.416 e. The van der Waals surface area contributed by atoms with Gasteiger partial charge in [-0.15, -0.1) is 0 Å². The highest BCUT2D eigenvalue weighted by atomic mass is 32.2. The number of fused-ring (bicyclic) bond motifs is 1. The molecule has 0 radical (unpaired) electrons. The van der Waals surface area contributed by atoms with Crippen LogP contribution >= 0.6 is 0 Å². The number of nitrogens with zero attached hydrogens (tertiary/aromatic N) is 3. The Balaban J connectivity index is 1.49. The van der Waals surface area contributed by atoms with Crippen molar-refractivity contribution in [1.82, 2.24) is 19.5 Å². The van der Waals surface area contributed by atoms with Gasteiger partial charge in [-0.2, -0.15) is 18.3 Å². The van der Waals surface area contributed by atoms with Crippen LogP contribution in [0.3, 0.4) is 0 Å². The van der Waals surface area contributed by atoms with Crippen LogP contribution < -0.4 is 4.72 Å². The number of nitrogens with one attached hydrogen (secondary N) is 1. The van der Waals surface area contributed by atoms with E-state index in [1.165, 1.54) is 5.56 Å². The van der Waals surface area contributed by atoms with E-state index in [0.29, 0.717) is 6.54 Å². The molecule has 0 saturated heterocycles. The Morgan fingerprint density at radius 1 is 1.00 bits per heavy atom. The molecule has 1 aliphatic rings. The van der Waals surface area contributed by atoms with Crippen LogP contribution in [0.1, 0.15) is 29.7 Å². The largest absolute Gasteiger partial charge is 0.416 e. The summed E-state index contributed by atoms with van der Waals surface area (Å²) in [5.74, 6) is 0. The van der Waals surface area contributed by atoms with Crippen LogP contribution in [0.2, 0.25) is 0 Å². The van der Waals surface area contributed by atoms with Crippen molar-refractivity contribution in [2.24, 2.45) is 0 Å². The minimum absolute atomic E-state index is 0.0766. The molecule has 0 saturated carbocycles. The summed E-state index contributed by atoms with van der Waals surface area (Å²) in [4.78, 5) is 3.83. The second kappa shape index (κ2) is 8.43. The number of hydrogen-bond donors (Lipinski definition) is 1. The Bertz CT molecular complexity index is 1160. The molecule has 0 bridgehead atoms. The summed E-state index contributed by atoms with van der Waals surface area (Å²) in [6, 6.07) is 7.24. The van der Waals surface area contributed by atoms with Crippen LogP contribution in [-0.2, 0) is 35.6 Å². The van der Waals surface area contributed by atoms with Gasteiger partial charge in [-0.05, 0) is 62.1 Å². The van der Waals surface area contributed by atoms with Crippen LogP contribution in [0.5, 0.6) is 0 Å². The first-order valence-corrected chi connectivity index (χ1v) is 11.4. The maximum absolute atomic E-state index is 12.7.